The molecule has 0 bridgehead atoms. The molecule has 2 aromatic rings. The Morgan fingerprint density at radius 3 is 2.52 bits per heavy atom. The van der Waals surface area contributed by atoms with E-state index in [1.165, 1.54) is 31.5 Å². The maximum atomic E-state index is 13.8. The molecule has 0 aliphatic carbocycles. The SMILES string of the molecule is COc1ccc(C(=O)[C@H]2[C@H]3C(=O)N(c4cccc(F)c4)C(=O)[C@H]3[C@H]3C=CC=NN32)cc1. The normalized spacial score (nSPS) is 26.3. The number of hydrogen-bond acceptors (Lipinski definition) is 6. The van der Waals surface area contributed by atoms with Crippen LogP contribution in [-0.2, 0) is 9.59 Å². The van der Waals surface area contributed by atoms with Gasteiger partial charge in [0.15, 0.2) is 5.78 Å². The van der Waals surface area contributed by atoms with Gasteiger partial charge in [-0.3, -0.25) is 19.4 Å². The molecule has 2 aromatic carbocycles. The standard InChI is InChI=1S/C23H18FN3O4/c1-31-16-9-7-13(8-10-16)21(28)20-19-18(17-6-3-11-25-27(17)20)22(29)26(23(19)30)15-5-2-4-14(24)12-15/h2-12,17-20H,1H3/t17-,18+,19+,20-/m1/s1. The van der Waals surface area contributed by atoms with Crippen molar-refractivity contribution in [3.8, 4) is 5.75 Å². The van der Waals surface area contributed by atoms with E-state index in [2.05, 4.69) is 5.10 Å². The maximum Gasteiger partial charge on any atom is 0.240 e. The van der Waals surface area contributed by atoms with Gasteiger partial charge < -0.3 is 4.74 Å². The van der Waals surface area contributed by atoms with E-state index in [0.717, 1.165) is 11.0 Å². The summed E-state index contributed by atoms with van der Waals surface area (Å²) in [4.78, 5) is 41.2. The molecule has 8 heteroatoms. The highest BCUT2D eigenvalue weighted by molar-refractivity contribution is 6.24. The van der Waals surface area contributed by atoms with Crippen LogP contribution in [0, 0.1) is 17.7 Å². The van der Waals surface area contributed by atoms with E-state index in [4.69, 9.17) is 4.74 Å². The van der Waals surface area contributed by atoms with Crippen LogP contribution in [-0.4, -0.2) is 48.0 Å². The minimum atomic E-state index is -0.945. The van der Waals surface area contributed by atoms with Crippen molar-refractivity contribution in [2.24, 2.45) is 16.9 Å². The van der Waals surface area contributed by atoms with Gasteiger partial charge >= 0.3 is 0 Å². The van der Waals surface area contributed by atoms with Crippen LogP contribution in [0.4, 0.5) is 10.1 Å². The van der Waals surface area contributed by atoms with Gasteiger partial charge in [0.2, 0.25) is 11.8 Å². The number of anilines is 1. The molecule has 0 unspecified atom stereocenters. The Bertz CT molecular complexity index is 1140. The first-order valence-corrected chi connectivity index (χ1v) is 9.82. The Hall–Kier alpha value is -3.81. The molecular formula is C23H18FN3O4. The van der Waals surface area contributed by atoms with Crippen molar-refractivity contribution in [2.45, 2.75) is 12.1 Å². The van der Waals surface area contributed by atoms with Crippen molar-refractivity contribution >= 4 is 29.5 Å². The van der Waals surface area contributed by atoms with Gasteiger partial charge in [-0.15, -0.1) is 0 Å². The van der Waals surface area contributed by atoms with Crippen molar-refractivity contribution in [3.63, 3.8) is 0 Å². The average Bonchev–Trinajstić information content (AvgIpc) is 3.26. The third-order valence-corrected chi connectivity index (χ3v) is 6.00. The summed E-state index contributed by atoms with van der Waals surface area (Å²) in [6.07, 6.45) is 5.00. The Labute approximate surface area is 177 Å². The topological polar surface area (TPSA) is 79.3 Å². The number of amides is 2. The molecule has 0 spiro atoms. The number of hydrogen-bond donors (Lipinski definition) is 0. The lowest BCUT2D eigenvalue weighted by Gasteiger charge is -2.30. The molecule has 0 radical (unpaired) electrons. The molecule has 2 amide bonds. The van der Waals surface area contributed by atoms with E-state index >= 15 is 0 Å². The number of Topliss-reactive ketones (excluding diaryl/α,β-unsaturated/α-hetero) is 1. The average molecular weight is 419 g/mol. The van der Waals surface area contributed by atoms with Crippen molar-refractivity contribution in [1.82, 2.24) is 5.01 Å². The third-order valence-electron chi connectivity index (χ3n) is 6.00. The lowest BCUT2D eigenvalue weighted by Crippen LogP contribution is -2.46. The van der Waals surface area contributed by atoms with Crippen molar-refractivity contribution < 1.29 is 23.5 Å². The van der Waals surface area contributed by atoms with Gasteiger partial charge in [-0.05, 0) is 48.5 Å². The van der Waals surface area contributed by atoms with Gasteiger partial charge in [0.1, 0.15) is 17.6 Å². The minimum absolute atomic E-state index is 0.162. The number of imide groups is 1. The fourth-order valence-corrected chi connectivity index (χ4v) is 4.63. The number of halogens is 1. The number of carbonyl (C=O) groups excluding carboxylic acids is 3. The van der Waals surface area contributed by atoms with Gasteiger partial charge in [-0.1, -0.05) is 12.1 Å². The monoisotopic (exact) mass is 419 g/mol. The number of carbonyl (C=O) groups is 3. The van der Waals surface area contributed by atoms with Gasteiger partial charge in [-0.25, -0.2) is 9.29 Å². The second-order valence-electron chi connectivity index (χ2n) is 7.60. The molecule has 0 saturated carbocycles. The van der Waals surface area contributed by atoms with E-state index in [0.29, 0.717) is 11.3 Å². The number of ether oxygens (including phenoxy) is 1. The Balaban J connectivity index is 1.56. The van der Waals surface area contributed by atoms with Gasteiger partial charge in [-0.2, -0.15) is 5.10 Å². The molecule has 2 saturated heterocycles. The molecule has 2 fully saturated rings. The Morgan fingerprint density at radius 1 is 1.06 bits per heavy atom. The first-order valence-electron chi connectivity index (χ1n) is 9.82. The van der Waals surface area contributed by atoms with Crippen molar-refractivity contribution in [2.75, 3.05) is 12.0 Å². The number of fused-ring (bicyclic) bond motifs is 3. The van der Waals surface area contributed by atoms with E-state index < -0.39 is 41.6 Å². The molecular weight excluding hydrogens is 401 g/mol. The number of benzene rings is 2. The molecule has 4 atom stereocenters. The molecule has 156 valence electrons. The van der Waals surface area contributed by atoms with Crippen LogP contribution in [0.1, 0.15) is 10.4 Å². The number of nitrogens with zero attached hydrogens (tertiary/aromatic N) is 3. The van der Waals surface area contributed by atoms with Crippen LogP contribution >= 0.6 is 0 Å². The zero-order valence-electron chi connectivity index (χ0n) is 16.5. The van der Waals surface area contributed by atoms with Crippen LogP contribution in [0.3, 0.4) is 0 Å². The highest BCUT2D eigenvalue weighted by Gasteiger charge is 2.64. The molecule has 31 heavy (non-hydrogen) atoms. The van der Waals surface area contributed by atoms with Crippen LogP contribution in [0.15, 0.2) is 65.8 Å². The Morgan fingerprint density at radius 2 is 1.81 bits per heavy atom. The number of rotatable bonds is 4. The molecule has 0 N–H and O–H groups in total. The summed E-state index contributed by atoms with van der Waals surface area (Å²) in [7, 11) is 1.53. The fraction of sp³-hybridized carbons (Fsp3) is 0.217. The summed E-state index contributed by atoms with van der Waals surface area (Å²) >= 11 is 0. The number of hydrazone groups is 1. The lowest BCUT2D eigenvalue weighted by molar-refractivity contribution is -0.123. The highest BCUT2D eigenvalue weighted by Crippen LogP contribution is 2.46. The second-order valence-corrected chi connectivity index (χ2v) is 7.60. The predicted molar refractivity (Wildman–Crippen MR) is 110 cm³/mol. The second kappa shape index (κ2) is 7.16. The summed E-state index contributed by atoms with van der Waals surface area (Å²) in [5.74, 6) is -2.94. The fourth-order valence-electron chi connectivity index (χ4n) is 4.63. The summed E-state index contributed by atoms with van der Waals surface area (Å²) in [6, 6.07) is 10.4. The van der Waals surface area contributed by atoms with E-state index in [1.807, 2.05) is 0 Å². The van der Waals surface area contributed by atoms with Crippen LogP contribution in [0.2, 0.25) is 0 Å². The van der Waals surface area contributed by atoms with Gasteiger partial charge in [0, 0.05) is 11.8 Å². The van der Waals surface area contributed by atoms with Gasteiger partial charge in [0.05, 0.1) is 30.7 Å². The quantitative estimate of drug-likeness (QED) is 0.562. The largest absolute Gasteiger partial charge is 0.497 e. The van der Waals surface area contributed by atoms with Crippen LogP contribution in [0.5, 0.6) is 5.75 Å². The summed E-state index contributed by atoms with van der Waals surface area (Å²) in [5, 5.41) is 5.85. The highest BCUT2D eigenvalue weighted by atomic mass is 19.1. The molecule has 7 nitrogen and oxygen atoms in total. The molecule has 5 rings (SSSR count). The van der Waals surface area contributed by atoms with Crippen molar-refractivity contribution in [3.05, 3.63) is 72.1 Å². The summed E-state index contributed by atoms with van der Waals surface area (Å²) < 4.78 is 18.9. The Kier molecular flexibility index (Phi) is 4.43. The molecule has 3 aliphatic rings. The summed E-state index contributed by atoms with van der Waals surface area (Å²) in [5.41, 5.74) is 0.550. The first kappa shape index (κ1) is 19.2. The van der Waals surface area contributed by atoms with E-state index in [-0.39, 0.29) is 11.5 Å². The van der Waals surface area contributed by atoms with Crippen molar-refractivity contribution in [1.29, 1.82) is 0 Å². The number of allylic oxidation sites excluding steroid dienone is 1. The minimum Gasteiger partial charge on any atom is -0.497 e. The maximum absolute atomic E-state index is 13.8. The lowest BCUT2D eigenvalue weighted by atomic mass is 9.86. The predicted octanol–water partition coefficient (Wildman–Crippen LogP) is 2.43. The molecule has 3 heterocycles. The first-order chi connectivity index (χ1) is 15.0. The zero-order chi connectivity index (χ0) is 21.7. The van der Waals surface area contributed by atoms with Gasteiger partial charge in [0.25, 0.3) is 0 Å². The summed E-state index contributed by atoms with van der Waals surface area (Å²) in [6.45, 7) is 0. The number of methoxy groups -OCH3 is 1. The third kappa shape index (κ3) is 2.86. The van der Waals surface area contributed by atoms with Crippen LogP contribution < -0.4 is 9.64 Å². The number of ketones is 1. The van der Waals surface area contributed by atoms with E-state index in [9.17, 15) is 18.8 Å². The smallest absolute Gasteiger partial charge is 0.240 e. The van der Waals surface area contributed by atoms with E-state index in [1.54, 1.807) is 41.4 Å². The zero-order valence-corrected chi connectivity index (χ0v) is 16.5. The molecule has 3 aliphatic heterocycles. The molecule has 0 aromatic heterocycles. The van der Waals surface area contributed by atoms with Crippen LogP contribution in [0.25, 0.3) is 0 Å².